The number of anilines is 1. The van der Waals surface area contributed by atoms with Crippen molar-refractivity contribution in [2.75, 3.05) is 5.32 Å². The maximum Gasteiger partial charge on any atom is 0.167 e. The summed E-state index contributed by atoms with van der Waals surface area (Å²) in [5, 5.41) is 3.27. The highest BCUT2D eigenvalue weighted by atomic mass is 16.1. The Morgan fingerprint density at radius 2 is 1.89 bits per heavy atom. The van der Waals surface area contributed by atoms with E-state index in [1.54, 1.807) is 0 Å². The molecule has 2 heteroatoms. The van der Waals surface area contributed by atoms with Crippen LogP contribution >= 0.6 is 0 Å². The molecule has 0 aromatic heterocycles. The Balaban J connectivity index is 1.89. The Morgan fingerprint density at radius 1 is 1.21 bits per heavy atom. The van der Waals surface area contributed by atoms with Crippen molar-refractivity contribution < 1.29 is 4.79 Å². The smallest absolute Gasteiger partial charge is 0.167 e. The summed E-state index contributed by atoms with van der Waals surface area (Å²) in [6.45, 7) is 6.62. The highest BCUT2D eigenvalue weighted by Crippen LogP contribution is 2.65. The third kappa shape index (κ3) is 1.59. The number of para-hydroxylation sites is 1. The molecule has 0 saturated heterocycles. The molecule has 1 aromatic rings. The summed E-state index contributed by atoms with van der Waals surface area (Å²) >= 11 is 0. The van der Waals surface area contributed by atoms with E-state index in [0.717, 1.165) is 24.1 Å². The van der Waals surface area contributed by atoms with Crippen LogP contribution < -0.4 is 5.32 Å². The summed E-state index contributed by atoms with van der Waals surface area (Å²) in [5.74, 6) is 0.749. The second kappa shape index (κ2) is 3.96. The Labute approximate surface area is 114 Å². The maximum atomic E-state index is 12.6. The van der Waals surface area contributed by atoms with Gasteiger partial charge in [-0.15, -0.1) is 0 Å². The largest absolute Gasteiger partial charge is 0.361 e. The summed E-state index contributed by atoms with van der Waals surface area (Å²) in [6, 6.07) is 10.0. The van der Waals surface area contributed by atoms with Crippen LogP contribution in [0, 0.1) is 16.7 Å². The summed E-state index contributed by atoms with van der Waals surface area (Å²) < 4.78 is 0. The zero-order valence-electron chi connectivity index (χ0n) is 11.9. The number of benzene rings is 1. The number of ketones is 1. The van der Waals surface area contributed by atoms with Gasteiger partial charge in [0.15, 0.2) is 5.78 Å². The molecule has 2 aliphatic carbocycles. The number of hydrogen-bond acceptors (Lipinski definition) is 2. The first-order valence-electron chi connectivity index (χ1n) is 7.03. The molecule has 19 heavy (non-hydrogen) atoms. The maximum absolute atomic E-state index is 12.6. The first kappa shape index (κ1) is 12.5. The molecular weight excluding hydrogens is 234 g/mol. The summed E-state index contributed by atoms with van der Waals surface area (Å²) in [6.07, 6.45) is 4.11. The lowest BCUT2D eigenvalue weighted by molar-refractivity contribution is -0.125. The van der Waals surface area contributed by atoms with Gasteiger partial charge in [0.2, 0.25) is 0 Å². The van der Waals surface area contributed by atoms with Crippen molar-refractivity contribution in [3.63, 3.8) is 0 Å². The third-order valence-electron chi connectivity index (χ3n) is 5.53. The van der Waals surface area contributed by atoms with Crippen molar-refractivity contribution >= 4 is 11.5 Å². The molecular formula is C17H21NO. The van der Waals surface area contributed by atoms with Crippen molar-refractivity contribution in [1.29, 1.82) is 0 Å². The minimum Gasteiger partial charge on any atom is -0.361 e. The minimum absolute atomic E-state index is 0.0916. The lowest BCUT2D eigenvalue weighted by atomic mass is 9.70. The molecule has 1 aromatic carbocycles. The van der Waals surface area contributed by atoms with Gasteiger partial charge in [0, 0.05) is 22.9 Å². The Bertz CT molecular complexity index is 544. The molecule has 100 valence electrons. The summed E-state index contributed by atoms with van der Waals surface area (Å²) in [4.78, 5) is 12.6. The van der Waals surface area contributed by atoms with Gasteiger partial charge in [0.05, 0.1) is 0 Å². The molecule has 2 aliphatic rings. The molecule has 0 radical (unpaired) electrons. The van der Waals surface area contributed by atoms with Gasteiger partial charge in [0.25, 0.3) is 0 Å². The van der Waals surface area contributed by atoms with Crippen molar-refractivity contribution in [3.8, 4) is 0 Å². The molecule has 1 N–H and O–H groups in total. The van der Waals surface area contributed by atoms with E-state index >= 15 is 0 Å². The predicted molar refractivity (Wildman–Crippen MR) is 77.8 cm³/mol. The van der Waals surface area contributed by atoms with E-state index in [9.17, 15) is 4.79 Å². The first-order chi connectivity index (χ1) is 8.97. The van der Waals surface area contributed by atoms with Crippen LogP contribution in [0.1, 0.15) is 33.6 Å². The van der Waals surface area contributed by atoms with E-state index in [2.05, 4.69) is 26.1 Å². The lowest BCUT2D eigenvalue weighted by Crippen LogP contribution is -2.32. The van der Waals surface area contributed by atoms with Gasteiger partial charge in [-0.2, -0.15) is 0 Å². The van der Waals surface area contributed by atoms with Crippen LogP contribution in [0.5, 0.6) is 0 Å². The van der Waals surface area contributed by atoms with E-state index in [0.29, 0.717) is 11.7 Å². The second-order valence-corrected chi connectivity index (χ2v) is 6.58. The molecule has 0 amide bonds. The molecule has 2 atom stereocenters. The zero-order valence-corrected chi connectivity index (χ0v) is 11.9. The van der Waals surface area contributed by atoms with Crippen molar-refractivity contribution in [1.82, 2.24) is 0 Å². The molecule has 0 spiro atoms. The quantitative estimate of drug-likeness (QED) is 0.809. The van der Waals surface area contributed by atoms with Crippen LogP contribution in [0.4, 0.5) is 5.69 Å². The summed E-state index contributed by atoms with van der Waals surface area (Å²) in [7, 11) is 0. The predicted octanol–water partition coefficient (Wildman–Crippen LogP) is 4.01. The monoisotopic (exact) mass is 255 g/mol. The van der Waals surface area contributed by atoms with Crippen LogP contribution in [0.2, 0.25) is 0 Å². The van der Waals surface area contributed by atoms with Crippen LogP contribution in [0.15, 0.2) is 42.1 Å². The fourth-order valence-electron chi connectivity index (χ4n) is 3.79. The van der Waals surface area contributed by atoms with Crippen molar-refractivity contribution in [2.24, 2.45) is 16.7 Å². The number of allylic oxidation sites excluding steroid dienone is 1. The van der Waals surface area contributed by atoms with E-state index < -0.39 is 0 Å². The van der Waals surface area contributed by atoms with Gasteiger partial charge in [-0.3, -0.25) is 4.79 Å². The highest BCUT2D eigenvalue weighted by molar-refractivity contribution is 6.04. The Morgan fingerprint density at radius 3 is 2.47 bits per heavy atom. The SMILES string of the molecule is CC1(C)[C@H]2CC[C@]1(C)C(=O)C2=CNc1ccccc1. The lowest BCUT2D eigenvalue weighted by Gasteiger charge is -2.31. The number of carbonyl (C=O) groups is 1. The summed E-state index contributed by atoms with van der Waals surface area (Å²) in [5.41, 5.74) is 1.95. The highest BCUT2D eigenvalue weighted by Gasteiger charge is 2.63. The average molecular weight is 255 g/mol. The number of fused-ring (bicyclic) bond motifs is 2. The number of carbonyl (C=O) groups excluding carboxylic acids is 1. The van der Waals surface area contributed by atoms with E-state index in [-0.39, 0.29) is 10.8 Å². The molecule has 2 nitrogen and oxygen atoms in total. The van der Waals surface area contributed by atoms with Crippen LogP contribution in [-0.2, 0) is 4.79 Å². The van der Waals surface area contributed by atoms with Gasteiger partial charge < -0.3 is 5.32 Å². The molecule has 0 heterocycles. The van der Waals surface area contributed by atoms with E-state index in [1.165, 1.54) is 0 Å². The van der Waals surface area contributed by atoms with Crippen molar-refractivity contribution in [3.05, 3.63) is 42.1 Å². The molecule has 0 aliphatic heterocycles. The third-order valence-corrected chi connectivity index (χ3v) is 5.53. The zero-order chi connectivity index (χ0) is 13.7. The molecule has 0 unspecified atom stereocenters. The molecule has 2 bridgehead atoms. The van der Waals surface area contributed by atoms with Crippen LogP contribution in [0.25, 0.3) is 0 Å². The standard InChI is InChI=1S/C17H21NO/c1-16(2)14-9-10-17(16,3)15(19)13(14)11-18-12-7-5-4-6-8-12/h4-8,11,14,18H,9-10H2,1-3H3/t14-,17+/m0/s1. The van der Waals surface area contributed by atoms with Gasteiger partial charge in [0.1, 0.15) is 0 Å². The number of nitrogens with one attached hydrogen (secondary N) is 1. The molecule has 2 saturated carbocycles. The fourth-order valence-corrected chi connectivity index (χ4v) is 3.79. The normalized spacial score (nSPS) is 33.9. The minimum atomic E-state index is -0.165. The van der Waals surface area contributed by atoms with E-state index in [1.807, 2.05) is 36.5 Å². The topological polar surface area (TPSA) is 29.1 Å². The number of Topliss-reactive ketones (excluding diaryl/α,β-unsaturated/α-hetero) is 1. The molecule has 2 fully saturated rings. The number of rotatable bonds is 2. The van der Waals surface area contributed by atoms with Gasteiger partial charge in [-0.05, 0) is 36.3 Å². The van der Waals surface area contributed by atoms with Crippen LogP contribution in [0.3, 0.4) is 0 Å². The van der Waals surface area contributed by atoms with Gasteiger partial charge >= 0.3 is 0 Å². The average Bonchev–Trinajstić information content (AvgIpc) is 2.70. The van der Waals surface area contributed by atoms with E-state index in [4.69, 9.17) is 0 Å². The Kier molecular flexibility index (Phi) is 2.60. The van der Waals surface area contributed by atoms with Crippen molar-refractivity contribution in [2.45, 2.75) is 33.6 Å². The van der Waals surface area contributed by atoms with Gasteiger partial charge in [-0.25, -0.2) is 0 Å². The number of hydrogen-bond donors (Lipinski definition) is 1. The first-order valence-corrected chi connectivity index (χ1v) is 7.03. The second-order valence-electron chi connectivity index (χ2n) is 6.58. The fraction of sp³-hybridized carbons (Fsp3) is 0.471. The van der Waals surface area contributed by atoms with Crippen LogP contribution in [-0.4, -0.2) is 5.78 Å². The Hall–Kier alpha value is -1.57. The van der Waals surface area contributed by atoms with Gasteiger partial charge in [-0.1, -0.05) is 39.0 Å². The molecule has 3 rings (SSSR count).